The number of nitrogens with zero attached hydrogens (tertiary/aromatic N) is 2. The molecule has 4 N–H and O–H groups in total. The molecule has 0 fully saturated rings. The Hall–Kier alpha value is -3.07. The predicted octanol–water partition coefficient (Wildman–Crippen LogP) is 1.92. The Morgan fingerprint density at radius 3 is 2.33 bits per heavy atom. The topological polar surface area (TPSA) is 93.9 Å². The maximum Gasteiger partial charge on any atom is 0.387 e. The Bertz CT molecular complexity index is 902. The van der Waals surface area contributed by atoms with Gasteiger partial charge in [0.15, 0.2) is 11.5 Å². The monoisotopic (exact) mass is 378 g/mol. The molecule has 0 aliphatic carbocycles. The lowest BCUT2D eigenvalue weighted by Crippen LogP contribution is -2.41. The average Bonchev–Trinajstić information content (AvgIpc) is 2.87. The third-order valence-corrected chi connectivity index (χ3v) is 4.42. The first kappa shape index (κ1) is 18.7. The molecule has 6 nitrogen and oxygen atoms in total. The van der Waals surface area contributed by atoms with E-state index >= 15 is 0 Å². The minimum absolute atomic E-state index is 0.0217. The maximum absolute atomic E-state index is 13.9. The zero-order chi connectivity index (χ0) is 19.8. The fourth-order valence-corrected chi connectivity index (χ4v) is 3.02. The zero-order valence-corrected chi connectivity index (χ0v) is 14.3. The largest absolute Gasteiger partial charge is 0.435 e. The quantitative estimate of drug-likeness (QED) is 0.831. The summed E-state index contributed by atoms with van der Waals surface area (Å²) in [6.07, 6.45) is 0. The average molecular weight is 378 g/mol. The van der Waals surface area contributed by atoms with Crippen molar-refractivity contribution < 1.29 is 22.7 Å². The van der Waals surface area contributed by atoms with Crippen LogP contribution in [0.15, 0.2) is 47.5 Å². The molecule has 0 saturated heterocycles. The van der Waals surface area contributed by atoms with E-state index in [1.165, 1.54) is 54.4 Å². The van der Waals surface area contributed by atoms with Gasteiger partial charge < -0.3 is 16.2 Å². The summed E-state index contributed by atoms with van der Waals surface area (Å²) in [6.45, 7) is -3.04. The first-order valence-corrected chi connectivity index (χ1v) is 7.97. The number of aliphatic imine (C=N–C) groups is 1. The van der Waals surface area contributed by atoms with Crippen molar-refractivity contribution in [3.05, 3.63) is 65.0 Å². The van der Waals surface area contributed by atoms with Crippen LogP contribution in [0.4, 0.5) is 13.2 Å². The molecule has 1 heterocycles. The van der Waals surface area contributed by atoms with E-state index in [4.69, 9.17) is 11.5 Å². The van der Waals surface area contributed by atoms with Crippen molar-refractivity contribution in [1.82, 2.24) is 4.90 Å². The lowest BCUT2D eigenvalue weighted by Gasteiger charge is -2.26. The number of carbonyl (C=O) groups is 1. The minimum atomic E-state index is -2.97. The highest BCUT2D eigenvalue weighted by atomic mass is 19.3. The number of halogens is 3. The van der Waals surface area contributed by atoms with Gasteiger partial charge in [0.25, 0.3) is 5.91 Å². The Balaban J connectivity index is 2.17. The van der Waals surface area contributed by atoms with Gasteiger partial charge in [-0.15, -0.1) is 0 Å². The van der Waals surface area contributed by atoms with Crippen LogP contribution in [0.1, 0.15) is 16.7 Å². The van der Waals surface area contributed by atoms with Crippen molar-refractivity contribution in [2.24, 2.45) is 16.5 Å². The van der Waals surface area contributed by atoms with E-state index in [0.717, 1.165) is 0 Å². The number of guanidine groups is 1. The molecule has 0 bridgehead atoms. The summed E-state index contributed by atoms with van der Waals surface area (Å²) >= 11 is 0. The van der Waals surface area contributed by atoms with Crippen molar-refractivity contribution in [2.45, 2.75) is 18.7 Å². The molecule has 0 aromatic heterocycles. The van der Waals surface area contributed by atoms with Crippen LogP contribution in [-0.4, -0.2) is 30.4 Å². The summed E-state index contributed by atoms with van der Waals surface area (Å²) in [6, 6.07) is 9.55. The summed E-state index contributed by atoms with van der Waals surface area (Å²) < 4.78 is 43.0. The summed E-state index contributed by atoms with van der Waals surface area (Å²) in [7, 11) is 1.46. The molecular formula is C18H17F3N4O2. The van der Waals surface area contributed by atoms with Crippen molar-refractivity contribution in [2.75, 3.05) is 7.05 Å². The van der Waals surface area contributed by atoms with Gasteiger partial charge in [-0.1, -0.05) is 18.2 Å². The van der Waals surface area contributed by atoms with Gasteiger partial charge in [0.1, 0.15) is 11.6 Å². The fraction of sp³-hybridized carbons (Fsp3) is 0.222. The Morgan fingerprint density at radius 1 is 1.19 bits per heavy atom. The first-order chi connectivity index (χ1) is 12.8. The standard InChI is InChI=1S/C18H17F3N4O2/c1-25-15(26)18(24-17(25)23,12-4-7-14(19)10(8-12)9-22)11-2-5-13(6-3-11)27-16(20)21/h2-8,16H,9,22H2,1H3,(H2,23,24). The zero-order valence-electron chi connectivity index (χ0n) is 14.3. The van der Waals surface area contributed by atoms with E-state index in [0.29, 0.717) is 11.1 Å². The van der Waals surface area contributed by atoms with Crippen LogP contribution in [-0.2, 0) is 16.9 Å². The number of amides is 1. The van der Waals surface area contributed by atoms with Crippen molar-refractivity contribution >= 4 is 11.9 Å². The first-order valence-electron chi connectivity index (χ1n) is 7.97. The molecule has 0 saturated carbocycles. The van der Waals surface area contributed by atoms with Crippen LogP contribution < -0.4 is 16.2 Å². The molecule has 2 aromatic carbocycles. The lowest BCUT2D eigenvalue weighted by molar-refractivity contribution is -0.129. The molecule has 1 aliphatic rings. The van der Waals surface area contributed by atoms with Gasteiger partial charge in [-0.05, 0) is 35.4 Å². The molecule has 0 spiro atoms. The minimum Gasteiger partial charge on any atom is -0.435 e. The molecule has 1 amide bonds. The Kier molecular flexibility index (Phi) is 4.79. The number of likely N-dealkylation sites (N-methyl/N-ethyl adjacent to an activating group) is 1. The highest BCUT2D eigenvalue weighted by molar-refractivity contribution is 6.08. The van der Waals surface area contributed by atoms with E-state index in [9.17, 15) is 18.0 Å². The van der Waals surface area contributed by atoms with E-state index in [1.54, 1.807) is 0 Å². The number of benzene rings is 2. The molecule has 1 aliphatic heterocycles. The molecule has 2 aromatic rings. The van der Waals surface area contributed by atoms with Crippen LogP contribution in [0.2, 0.25) is 0 Å². The number of rotatable bonds is 5. The normalized spacial score (nSPS) is 19.6. The molecular weight excluding hydrogens is 361 g/mol. The summed E-state index contributed by atoms with van der Waals surface area (Å²) in [5.41, 5.74) is 10.8. The maximum atomic E-state index is 13.9. The van der Waals surface area contributed by atoms with Gasteiger partial charge in [-0.2, -0.15) is 8.78 Å². The van der Waals surface area contributed by atoms with Gasteiger partial charge >= 0.3 is 6.61 Å². The number of hydrogen-bond donors (Lipinski definition) is 2. The van der Waals surface area contributed by atoms with Crippen LogP contribution in [0, 0.1) is 5.82 Å². The highest BCUT2D eigenvalue weighted by Crippen LogP contribution is 2.40. The molecule has 3 rings (SSSR count). The van der Waals surface area contributed by atoms with Gasteiger partial charge in [0.2, 0.25) is 0 Å². The van der Waals surface area contributed by atoms with Gasteiger partial charge in [-0.25, -0.2) is 9.38 Å². The molecule has 9 heteroatoms. The molecule has 142 valence electrons. The van der Waals surface area contributed by atoms with E-state index in [2.05, 4.69) is 9.73 Å². The molecule has 1 unspecified atom stereocenters. The number of nitrogens with two attached hydrogens (primary N) is 2. The van der Waals surface area contributed by atoms with Gasteiger partial charge in [0, 0.05) is 19.2 Å². The van der Waals surface area contributed by atoms with Crippen molar-refractivity contribution in [3.8, 4) is 5.75 Å². The number of carbonyl (C=O) groups excluding carboxylic acids is 1. The fourth-order valence-electron chi connectivity index (χ4n) is 3.02. The predicted molar refractivity (Wildman–Crippen MR) is 92.5 cm³/mol. The van der Waals surface area contributed by atoms with Gasteiger partial charge in [0.05, 0.1) is 0 Å². The summed E-state index contributed by atoms with van der Waals surface area (Å²) in [4.78, 5) is 18.6. The second-order valence-corrected chi connectivity index (χ2v) is 5.96. The second-order valence-electron chi connectivity index (χ2n) is 5.96. The Labute approximate surface area is 153 Å². The molecule has 1 atom stereocenters. The molecule has 27 heavy (non-hydrogen) atoms. The third-order valence-electron chi connectivity index (χ3n) is 4.42. The second kappa shape index (κ2) is 6.92. The number of alkyl halides is 2. The van der Waals surface area contributed by atoms with Gasteiger partial charge in [-0.3, -0.25) is 9.69 Å². The smallest absolute Gasteiger partial charge is 0.387 e. The Morgan fingerprint density at radius 2 is 1.81 bits per heavy atom. The van der Waals surface area contributed by atoms with Crippen LogP contribution in [0.3, 0.4) is 0 Å². The van der Waals surface area contributed by atoms with Crippen LogP contribution >= 0.6 is 0 Å². The lowest BCUT2D eigenvalue weighted by atomic mass is 9.82. The van der Waals surface area contributed by atoms with E-state index in [1.807, 2.05) is 0 Å². The highest BCUT2D eigenvalue weighted by Gasteiger charge is 2.49. The third kappa shape index (κ3) is 3.10. The van der Waals surface area contributed by atoms with Crippen molar-refractivity contribution in [1.29, 1.82) is 0 Å². The molecule has 0 radical (unpaired) electrons. The number of hydrogen-bond acceptors (Lipinski definition) is 5. The summed E-state index contributed by atoms with van der Waals surface area (Å²) in [5.74, 6) is -1.06. The van der Waals surface area contributed by atoms with Crippen LogP contribution in [0.25, 0.3) is 0 Å². The SMILES string of the molecule is CN1C(=O)C(c2ccc(OC(F)F)cc2)(c2ccc(F)c(CN)c2)N=C1N. The number of ether oxygens (including phenoxy) is 1. The summed E-state index contributed by atoms with van der Waals surface area (Å²) in [5, 5.41) is 0. The van der Waals surface area contributed by atoms with Crippen LogP contribution in [0.5, 0.6) is 5.75 Å². The van der Waals surface area contributed by atoms with E-state index in [-0.39, 0.29) is 23.8 Å². The van der Waals surface area contributed by atoms with E-state index < -0.39 is 23.9 Å². The van der Waals surface area contributed by atoms with Crippen molar-refractivity contribution in [3.63, 3.8) is 0 Å².